The lowest BCUT2D eigenvalue weighted by atomic mass is 10.2. The Kier molecular flexibility index (Phi) is 8.26. The molecular weight excluding hydrogens is 236 g/mol. The van der Waals surface area contributed by atoms with Crippen LogP contribution in [0, 0.1) is 0 Å². The topological polar surface area (TPSA) is 24.5 Å². The third-order valence-corrected chi connectivity index (χ3v) is 3.16. The van der Waals surface area contributed by atoms with E-state index in [2.05, 4.69) is 49.3 Å². The molecule has 0 radical (unpaired) electrons. The largest absolute Gasteiger partial charge is 0.492 e. The highest BCUT2D eigenvalue weighted by atomic mass is 16.5. The van der Waals surface area contributed by atoms with E-state index in [1.165, 1.54) is 18.4 Å². The fourth-order valence-electron chi connectivity index (χ4n) is 1.90. The minimum Gasteiger partial charge on any atom is -0.492 e. The second kappa shape index (κ2) is 9.82. The Hall–Kier alpha value is -1.06. The van der Waals surface area contributed by atoms with Crippen LogP contribution in [-0.4, -0.2) is 38.2 Å². The van der Waals surface area contributed by atoms with E-state index in [0.717, 1.165) is 38.5 Å². The Morgan fingerprint density at radius 1 is 1.16 bits per heavy atom. The van der Waals surface area contributed by atoms with Crippen molar-refractivity contribution in [3.8, 4) is 5.75 Å². The number of hydrogen-bond acceptors (Lipinski definition) is 3. The highest BCUT2D eigenvalue weighted by Gasteiger charge is 2.03. The van der Waals surface area contributed by atoms with E-state index in [1.807, 2.05) is 6.07 Å². The van der Waals surface area contributed by atoms with Crippen LogP contribution in [0.2, 0.25) is 0 Å². The van der Waals surface area contributed by atoms with Crippen molar-refractivity contribution in [2.24, 2.45) is 0 Å². The number of likely N-dealkylation sites (N-methyl/N-ethyl adjacent to an activating group) is 1. The molecule has 3 heteroatoms. The first-order valence-corrected chi connectivity index (χ1v) is 7.37. The Balaban J connectivity index is 2.35. The lowest BCUT2D eigenvalue weighted by Gasteiger charge is -2.17. The highest BCUT2D eigenvalue weighted by Crippen LogP contribution is 2.17. The molecule has 1 aromatic carbocycles. The van der Waals surface area contributed by atoms with Gasteiger partial charge in [0.15, 0.2) is 0 Å². The van der Waals surface area contributed by atoms with Gasteiger partial charge in [0.05, 0.1) is 0 Å². The summed E-state index contributed by atoms with van der Waals surface area (Å²) in [5.74, 6) is 1.01. The van der Waals surface area contributed by atoms with Crippen LogP contribution >= 0.6 is 0 Å². The van der Waals surface area contributed by atoms with Crippen molar-refractivity contribution in [3.63, 3.8) is 0 Å². The average Bonchev–Trinajstić information content (AvgIpc) is 2.44. The summed E-state index contributed by atoms with van der Waals surface area (Å²) in [4.78, 5) is 2.33. The predicted octanol–water partition coefficient (Wildman–Crippen LogP) is 2.91. The average molecular weight is 264 g/mol. The van der Waals surface area contributed by atoms with Crippen LogP contribution in [-0.2, 0) is 6.54 Å². The van der Waals surface area contributed by atoms with Crippen molar-refractivity contribution < 1.29 is 4.74 Å². The number of rotatable bonds is 10. The Bertz CT molecular complexity index is 341. The summed E-state index contributed by atoms with van der Waals surface area (Å²) >= 11 is 0. The van der Waals surface area contributed by atoms with Crippen LogP contribution in [0.1, 0.15) is 32.3 Å². The summed E-state index contributed by atoms with van der Waals surface area (Å²) in [6, 6.07) is 8.27. The molecule has 0 amide bonds. The van der Waals surface area contributed by atoms with Crippen molar-refractivity contribution >= 4 is 0 Å². The van der Waals surface area contributed by atoms with Gasteiger partial charge in [0.2, 0.25) is 0 Å². The SMILES string of the molecule is CCCCN(C)CCOc1ccccc1CNCC. The molecular formula is C16H28N2O. The summed E-state index contributed by atoms with van der Waals surface area (Å²) in [5, 5.41) is 3.34. The first-order valence-electron chi connectivity index (χ1n) is 7.37. The molecule has 19 heavy (non-hydrogen) atoms. The molecule has 0 spiro atoms. The van der Waals surface area contributed by atoms with E-state index < -0.39 is 0 Å². The van der Waals surface area contributed by atoms with E-state index in [9.17, 15) is 0 Å². The molecule has 0 saturated heterocycles. The van der Waals surface area contributed by atoms with Gasteiger partial charge < -0.3 is 15.0 Å². The number of nitrogens with zero attached hydrogens (tertiary/aromatic N) is 1. The molecule has 0 atom stereocenters. The summed E-state index contributed by atoms with van der Waals surface area (Å²) in [6.45, 7) is 9.08. The molecule has 0 bridgehead atoms. The van der Waals surface area contributed by atoms with Gasteiger partial charge in [-0.25, -0.2) is 0 Å². The maximum atomic E-state index is 5.90. The summed E-state index contributed by atoms with van der Waals surface area (Å²) < 4.78 is 5.90. The van der Waals surface area contributed by atoms with E-state index in [-0.39, 0.29) is 0 Å². The standard InChI is InChI=1S/C16H28N2O/c1-4-6-11-18(3)12-13-19-16-10-8-7-9-15(16)14-17-5-2/h7-10,17H,4-6,11-14H2,1-3H3. The van der Waals surface area contributed by atoms with Gasteiger partial charge in [0.25, 0.3) is 0 Å². The normalized spacial score (nSPS) is 10.9. The molecule has 108 valence electrons. The van der Waals surface area contributed by atoms with Crippen LogP contribution in [0.3, 0.4) is 0 Å². The van der Waals surface area contributed by atoms with Crippen LogP contribution in [0.15, 0.2) is 24.3 Å². The third-order valence-electron chi connectivity index (χ3n) is 3.16. The quantitative estimate of drug-likeness (QED) is 0.703. The zero-order valence-electron chi connectivity index (χ0n) is 12.6. The van der Waals surface area contributed by atoms with E-state index in [0.29, 0.717) is 0 Å². The lowest BCUT2D eigenvalue weighted by molar-refractivity contribution is 0.234. The predicted molar refractivity (Wildman–Crippen MR) is 81.7 cm³/mol. The van der Waals surface area contributed by atoms with Crippen LogP contribution in [0.5, 0.6) is 5.75 Å². The van der Waals surface area contributed by atoms with Crippen molar-refractivity contribution in [1.29, 1.82) is 0 Å². The smallest absolute Gasteiger partial charge is 0.123 e. The molecule has 0 saturated carbocycles. The second-order valence-electron chi connectivity index (χ2n) is 4.89. The number of unbranched alkanes of at least 4 members (excludes halogenated alkanes) is 1. The van der Waals surface area contributed by atoms with Gasteiger partial charge in [-0.2, -0.15) is 0 Å². The number of para-hydroxylation sites is 1. The van der Waals surface area contributed by atoms with Gasteiger partial charge in [-0.15, -0.1) is 0 Å². The third kappa shape index (κ3) is 6.60. The van der Waals surface area contributed by atoms with E-state index in [4.69, 9.17) is 4.74 Å². The number of nitrogens with one attached hydrogen (secondary N) is 1. The van der Waals surface area contributed by atoms with Crippen molar-refractivity contribution in [2.75, 3.05) is 33.3 Å². The van der Waals surface area contributed by atoms with Gasteiger partial charge in [0, 0.05) is 18.7 Å². The monoisotopic (exact) mass is 264 g/mol. The molecule has 3 nitrogen and oxygen atoms in total. The summed E-state index contributed by atoms with van der Waals surface area (Å²) in [5.41, 5.74) is 1.24. The van der Waals surface area contributed by atoms with E-state index >= 15 is 0 Å². The first-order chi connectivity index (χ1) is 9.27. The van der Waals surface area contributed by atoms with Gasteiger partial charge in [-0.05, 0) is 32.6 Å². The maximum absolute atomic E-state index is 5.90. The van der Waals surface area contributed by atoms with Gasteiger partial charge >= 0.3 is 0 Å². The Morgan fingerprint density at radius 2 is 1.95 bits per heavy atom. The first kappa shape index (κ1) is 16.0. The van der Waals surface area contributed by atoms with Crippen LogP contribution in [0.4, 0.5) is 0 Å². The Morgan fingerprint density at radius 3 is 2.68 bits per heavy atom. The van der Waals surface area contributed by atoms with E-state index in [1.54, 1.807) is 0 Å². The minimum absolute atomic E-state index is 0.753. The molecule has 1 rings (SSSR count). The zero-order valence-corrected chi connectivity index (χ0v) is 12.6. The molecule has 0 aliphatic carbocycles. The second-order valence-corrected chi connectivity index (χ2v) is 4.89. The molecule has 1 aromatic rings. The molecule has 0 aliphatic rings. The Labute approximate surface area is 118 Å². The summed E-state index contributed by atoms with van der Waals surface area (Å²) in [7, 11) is 2.16. The fourth-order valence-corrected chi connectivity index (χ4v) is 1.90. The van der Waals surface area contributed by atoms with Gasteiger partial charge in [-0.1, -0.05) is 38.5 Å². The fraction of sp³-hybridized carbons (Fsp3) is 0.625. The van der Waals surface area contributed by atoms with Crippen molar-refractivity contribution in [3.05, 3.63) is 29.8 Å². The van der Waals surface area contributed by atoms with Crippen molar-refractivity contribution in [2.45, 2.75) is 33.2 Å². The van der Waals surface area contributed by atoms with Gasteiger partial charge in [0.1, 0.15) is 12.4 Å². The molecule has 0 heterocycles. The molecule has 0 aliphatic heterocycles. The number of hydrogen-bond donors (Lipinski definition) is 1. The minimum atomic E-state index is 0.753. The molecule has 1 N–H and O–H groups in total. The number of benzene rings is 1. The molecule has 0 fully saturated rings. The van der Waals surface area contributed by atoms with Crippen LogP contribution < -0.4 is 10.1 Å². The molecule has 0 aromatic heterocycles. The van der Waals surface area contributed by atoms with Crippen molar-refractivity contribution in [1.82, 2.24) is 10.2 Å². The zero-order chi connectivity index (χ0) is 13.9. The maximum Gasteiger partial charge on any atom is 0.123 e. The molecule has 0 unspecified atom stereocenters. The van der Waals surface area contributed by atoms with Crippen LogP contribution in [0.25, 0.3) is 0 Å². The number of ether oxygens (including phenoxy) is 1. The van der Waals surface area contributed by atoms with Gasteiger partial charge in [-0.3, -0.25) is 0 Å². The lowest BCUT2D eigenvalue weighted by Crippen LogP contribution is -2.25. The highest BCUT2D eigenvalue weighted by molar-refractivity contribution is 5.33. The summed E-state index contributed by atoms with van der Waals surface area (Å²) in [6.07, 6.45) is 2.50.